The summed E-state index contributed by atoms with van der Waals surface area (Å²) in [6, 6.07) is 0. The summed E-state index contributed by atoms with van der Waals surface area (Å²) in [4.78, 5) is 0. The lowest BCUT2D eigenvalue weighted by atomic mass is 10.3. The first-order chi connectivity index (χ1) is 3.41. The summed E-state index contributed by atoms with van der Waals surface area (Å²) in [7, 11) is 2.22. The predicted octanol–water partition coefficient (Wildman–Crippen LogP) is 1.76. The molecule has 42 valence electrons. The fourth-order valence-electron chi connectivity index (χ4n) is 0.311. The molecule has 0 aromatic heterocycles. The Morgan fingerprint density at radius 3 is 2.86 bits per heavy atom. The SMILES string of the molecule is C=CCCCOP. The third kappa shape index (κ3) is 6.13. The van der Waals surface area contributed by atoms with Gasteiger partial charge in [0.25, 0.3) is 0 Å². The predicted molar refractivity (Wildman–Crippen MR) is 35.1 cm³/mol. The second-order valence-corrected chi connectivity index (χ2v) is 1.64. The van der Waals surface area contributed by atoms with Gasteiger partial charge >= 0.3 is 0 Å². The molecular formula is C5H11OP. The Morgan fingerprint density at radius 1 is 1.71 bits per heavy atom. The summed E-state index contributed by atoms with van der Waals surface area (Å²) >= 11 is 0. The van der Waals surface area contributed by atoms with Gasteiger partial charge in [-0.3, -0.25) is 0 Å². The second kappa shape index (κ2) is 6.13. The van der Waals surface area contributed by atoms with E-state index in [1.165, 1.54) is 0 Å². The molecule has 0 rings (SSSR count). The Balaban J connectivity index is 2.56. The lowest BCUT2D eigenvalue weighted by Crippen LogP contribution is -1.79. The molecule has 0 spiro atoms. The van der Waals surface area contributed by atoms with Crippen LogP contribution in [-0.4, -0.2) is 6.61 Å². The molecule has 0 N–H and O–H groups in total. The van der Waals surface area contributed by atoms with Crippen LogP contribution in [0.3, 0.4) is 0 Å². The van der Waals surface area contributed by atoms with Crippen molar-refractivity contribution in [1.29, 1.82) is 0 Å². The summed E-state index contributed by atoms with van der Waals surface area (Å²) in [5.74, 6) is 0. The van der Waals surface area contributed by atoms with Crippen LogP contribution < -0.4 is 0 Å². The van der Waals surface area contributed by atoms with Gasteiger partial charge in [0.2, 0.25) is 0 Å². The van der Waals surface area contributed by atoms with Crippen molar-refractivity contribution in [3.05, 3.63) is 12.7 Å². The van der Waals surface area contributed by atoms with Crippen LogP contribution in [0.2, 0.25) is 0 Å². The van der Waals surface area contributed by atoms with Crippen molar-refractivity contribution in [2.75, 3.05) is 6.61 Å². The van der Waals surface area contributed by atoms with E-state index in [-0.39, 0.29) is 0 Å². The average Bonchev–Trinajstić information content (AvgIpc) is 1.69. The molecule has 2 heteroatoms. The van der Waals surface area contributed by atoms with Crippen molar-refractivity contribution in [3.63, 3.8) is 0 Å². The van der Waals surface area contributed by atoms with E-state index in [0.717, 1.165) is 19.4 Å². The second-order valence-electron chi connectivity index (χ2n) is 1.30. The first-order valence-corrected chi connectivity index (χ1v) is 2.81. The molecule has 0 bridgehead atoms. The molecule has 0 heterocycles. The zero-order valence-electron chi connectivity index (χ0n) is 4.39. The highest BCUT2D eigenvalue weighted by Crippen LogP contribution is 1.92. The summed E-state index contributed by atoms with van der Waals surface area (Å²) in [5.41, 5.74) is 0. The van der Waals surface area contributed by atoms with Gasteiger partial charge in [-0.15, -0.1) is 6.58 Å². The van der Waals surface area contributed by atoms with Crippen LogP contribution in [0.25, 0.3) is 0 Å². The standard InChI is InChI=1S/C5H11OP/c1-2-3-4-5-6-7/h2H,1,3-5,7H2. The zero-order chi connectivity index (χ0) is 5.54. The monoisotopic (exact) mass is 118 g/mol. The Kier molecular flexibility index (Phi) is 6.24. The Hall–Kier alpha value is 0.130. The maximum atomic E-state index is 4.71. The van der Waals surface area contributed by atoms with Crippen molar-refractivity contribution in [1.82, 2.24) is 0 Å². The number of hydrogen-bond acceptors (Lipinski definition) is 1. The van der Waals surface area contributed by atoms with Crippen molar-refractivity contribution < 1.29 is 4.52 Å². The van der Waals surface area contributed by atoms with Crippen LogP contribution in [0, 0.1) is 0 Å². The number of rotatable bonds is 4. The van der Waals surface area contributed by atoms with Gasteiger partial charge in [0.05, 0.1) is 6.61 Å². The molecule has 1 unspecified atom stereocenters. The van der Waals surface area contributed by atoms with E-state index in [1.54, 1.807) is 0 Å². The first-order valence-electron chi connectivity index (χ1n) is 2.34. The summed E-state index contributed by atoms with van der Waals surface area (Å²) in [6.45, 7) is 4.39. The maximum Gasteiger partial charge on any atom is 0.0504 e. The first kappa shape index (κ1) is 7.13. The van der Waals surface area contributed by atoms with Crippen LogP contribution >= 0.6 is 9.47 Å². The van der Waals surface area contributed by atoms with Crippen molar-refractivity contribution >= 4 is 9.47 Å². The highest BCUT2D eigenvalue weighted by atomic mass is 31.0. The molecule has 0 saturated heterocycles. The highest BCUT2D eigenvalue weighted by molar-refractivity contribution is 7.09. The van der Waals surface area contributed by atoms with Gasteiger partial charge in [0.15, 0.2) is 0 Å². The summed E-state index contributed by atoms with van der Waals surface area (Å²) in [6.07, 6.45) is 4.02. The van der Waals surface area contributed by atoms with Gasteiger partial charge in [-0.05, 0) is 12.8 Å². The Labute approximate surface area is 47.0 Å². The lowest BCUT2D eigenvalue weighted by Gasteiger charge is -1.90. The number of allylic oxidation sites excluding steroid dienone is 1. The fourth-order valence-corrected chi connectivity index (χ4v) is 0.478. The van der Waals surface area contributed by atoms with E-state index in [4.69, 9.17) is 4.52 Å². The highest BCUT2D eigenvalue weighted by Gasteiger charge is 1.77. The summed E-state index contributed by atoms with van der Waals surface area (Å²) < 4.78 is 4.71. The normalized spacial score (nSPS) is 8.71. The van der Waals surface area contributed by atoms with Crippen molar-refractivity contribution in [3.8, 4) is 0 Å². The molecule has 0 aliphatic rings. The molecule has 1 nitrogen and oxygen atoms in total. The molecular weight excluding hydrogens is 107 g/mol. The third-order valence-corrected chi connectivity index (χ3v) is 0.906. The molecule has 1 atom stereocenters. The summed E-state index contributed by atoms with van der Waals surface area (Å²) in [5, 5.41) is 0. The van der Waals surface area contributed by atoms with Crippen LogP contribution in [0.1, 0.15) is 12.8 Å². The molecule has 0 aliphatic heterocycles. The lowest BCUT2D eigenvalue weighted by molar-refractivity contribution is 0.364. The van der Waals surface area contributed by atoms with Gasteiger partial charge in [0.1, 0.15) is 0 Å². The van der Waals surface area contributed by atoms with Gasteiger partial charge in [-0.25, -0.2) is 0 Å². The topological polar surface area (TPSA) is 9.23 Å². The van der Waals surface area contributed by atoms with Gasteiger partial charge in [0, 0.05) is 9.47 Å². The third-order valence-electron chi connectivity index (χ3n) is 0.670. The fraction of sp³-hybridized carbons (Fsp3) is 0.600. The molecule has 0 amide bonds. The van der Waals surface area contributed by atoms with Crippen LogP contribution in [0.5, 0.6) is 0 Å². The molecule has 0 aliphatic carbocycles. The van der Waals surface area contributed by atoms with Gasteiger partial charge < -0.3 is 4.52 Å². The van der Waals surface area contributed by atoms with Crippen LogP contribution in [0.4, 0.5) is 0 Å². The molecule has 0 fully saturated rings. The Morgan fingerprint density at radius 2 is 2.43 bits per heavy atom. The smallest absolute Gasteiger partial charge is 0.0504 e. The van der Waals surface area contributed by atoms with Crippen LogP contribution in [-0.2, 0) is 4.52 Å². The van der Waals surface area contributed by atoms with Gasteiger partial charge in [-0.2, -0.15) is 0 Å². The van der Waals surface area contributed by atoms with Crippen LogP contribution in [0.15, 0.2) is 12.7 Å². The van der Waals surface area contributed by atoms with E-state index < -0.39 is 0 Å². The Bertz CT molecular complexity index is 45.3. The maximum absolute atomic E-state index is 4.71. The number of hydrogen-bond donors (Lipinski definition) is 0. The van der Waals surface area contributed by atoms with E-state index in [2.05, 4.69) is 16.0 Å². The van der Waals surface area contributed by atoms with E-state index in [9.17, 15) is 0 Å². The van der Waals surface area contributed by atoms with E-state index >= 15 is 0 Å². The molecule has 0 radical (unpaired) electrons. The molecule has 7 heavy (non-hydrogen) atoms. The molecule has 0 aromatic carbocycles. The van der Waals surface area contributed by atoms with Gasteiger partial charge in [-0.1, -0.05) is 6.08 Å². The minimum absolute atomic E-state index is 0.816. The van der Waals surface area contributed by atoms with E-state index in [1.807, 2.05) is 6.08 Å². The number of unbranched alkanes of at least 4 members (excludes halogenated alkanes) is 1. The minimum atomic E-state index is 0.816. The average molecular weight is 118 g/mol. The zero-order valence-corrected chi connectivity index (χ0v) is 5.55. The quantitative estimate of drug-likeness (QED) is 0.310. The largest absolute Gasteiger partial charge is 0.366 e. The molecule has 0 aromatic rings. The minimum Gasteiger partial charge on any atom is -0.366 e. The van der Waals surface area contributed by atoms with Crippen molar-refractivity contribution in [2.45, 2.75) is 12.8 Å². The molecule has 0 saturated carbocycles. The van der Waals surface area contributed by atoms with E-state index in [0.29, 0.717) is 0 Å². The van der Waals surface area contributed by atoms with Crippen molar-refractivity contribution in [2.24, 2.45) is 0 Å².